The van der Waals surface area contributed by atoms with Crippen molar-refractivity contribution in [2.24, 2.45) is 5.92 Å². The van der Waals surface area contributed by atoms with Gasteiger partial charge >= 0.3 is 5.69 Å². The third-order valence-corrected chi connectivity index (χ3v) is 3.33. The van der Waals surface area contributed by atoms with Gasteiger partial charge in [-0.3, -0.25) is 4.57 Å². The van der Waals surface area contributed by atoms with Gasteiger partial charge in [0.2, 0.25) is 0 Å². The molecule has 1 aromatic heterocycles. The van der Waals surface area contributed by atoms with Crippen LogP contribution in [0.15, 0.2) is 23.0 Å². The standard InChI is InChI=1S/C12H11F2N3O/c1-6-2-10-15-16-12(18)17(10)11(6)7-3-8(13)5-9(14)4-7/h3-6,11H,2H2,1H3,(H,16,18). The summed E-state index contributed by atoms with van der Waals surface area (Å²) < 4.78 is 28.0. The Morgan fingerprint density at radius 3 is 2.67 bits per heavy atom. The first kappa shape index (κ1) is 11.1. The van der Waals surface area contributed by atoms with Crippen LogP contribution >= 0.6 is 0 Å². The van der Waals surface area contributed by atoms with Gasteiger partial charge in [-0.1, -0.05) is 6.92 Å². The molecule has 1 aromatic carbocycles. The highest BCUT2D eigenvalue weighted by atomic mass is 19.1. The number of aromatic amines is 1. The second-order valence-electron chi connectivity index (χ2n) is 4.64. The fraction of sp³-hybridized carbons (Fsp3) is 0.333. The van der Waals surface area contributed by atoms with Crippen LogP contribution in [0.3, 0.4) is 0 Å². The summed E-state index contributed by atoms with van der Waals surface area (Å²) in [5, 5.41) is 6.26. The Kier molecular flexibility index (Phi) is 2.33. The van der Waals surface area contributed by atoms with E-state index in [4.69, 9.17) is 0 Å². The molecule has 0 saturated carbocycles. The van der Waals surface area contributed by atoms with Gasteiger partial charge in [-0.05, 0) is 23.6 Å². The van der Waals surface area contributed by atoms with E-state index in [1.165, 1.54) is 16.7 Å². The number of aromatic nitrogens is 3. The van der Waals surface area contributed by atoms with E-state index >= 15 is 0 Å². The van der Waals surface area contributed by atoms with Crippen LogP contribution in [0, 0.1) is 17.6 Å². The summed E-state index contributed by atoms with van der Waals surface area (Å²) in [6.45, 7) is 1.93. The van der Waals surface area contributed by atoms with E-state index in [9.17, 15) is 13.6 Å². The van der Waals surface area contributed by atoms with Crippen LogP contribution in [-0.4, -0.2) is 14.8 Å². The van der Waals surface area contributed by atoms with E-state index in [0.29, 0.717) is 17.8 Å². The monoisotopic (exact) mass is 251 g/mol. The minimum absolute atomic E-state index is 0.0796. The first-order valence-electron chi connectivity index (χ1n) is 5.68. The largest absolute Gasteiger partial charge is 0.343 e. The number of rotatable bonds is 1. The zero-order valence-corrected chi connectivity index (χ0v) is 9.65. The van der Waals surface area contributed by atoms with Gasteiger partial charge in [0.1, 0.15) is 17.5 Å². The molecule has 2 aromatic rings. The summed E-state index contributed by atoms with van der Waals surface area (Å²) in [7, 11) is 0. The van der Waals surface area contributed by atoms with Crippen LogP contribution in [0.5, 0.6) is 0 Å². The van der Waals surface area contributed by atoms with Crippen molar-refractivity contribution in [1.29, 1.82) is 0 Å². The van der Waals surface area contributed by atoms with Gasteiger partial charge in [0.25, 0.3) is 0 Å². The Hall–Kier alpha value is -1.98. The molecule has 0 spiro atoms. The fourth-order valence-corrected chi connectivity index (χ4v) is 2.65. The maximum Gasteiger partial charge on any atom is 0.343 e. The van der Waals surface area contributed by atoms with Gasteiger partial charge in [-0.15, -0.1) is 0 Å². The molecule has 2 heterocycles. The van der Waals surface area contributed by atoms with Gasteiger partial charge in [0.05, 0.1) is 6.04 Å². The highest BCUT2D eigenvalue weighted by Crippen LogP contribution is 2.34. The van der Waals surface area contributed by atoms with Crippen molar-refractivity contribution in [3.63, 3.8) is 0 Å². The zero-order chi connectivity index (χ0) is 12.9. The zero-order valence-electron chi connectivity index (χ0n) is 9.65. The minimum atomic E-state index is -0.637. The van der Waals surface area contributed by atoms with E-state index in [1.807, 2.05) is 6.92 Å². The summed E-state index contributed by atoms with van der Waals surface area (Å²) in [6, 6.07) is 2.98. The van der Waals surface area contributed by atoms with Crippen LogP contribution in [-0.2, 0) is 6.42 Å². The lowest BCUT2D eigenvalue weighted by Crippen LogP contribution is -2.23. The lowest BCUT2D eigenvalue weighted by Gasteiger charge is -2.17. The smallest absolute Gasteiger partial charge is 0.271 e. The molecule has 18 heavy (non-hydrogen) atoms. The average molecular weight is 251 g/mol. The molecule has 1 aliphatic rings. The van der Waals surface area contributed by atoms with E-state index in [1.54, 1.807) is 0 Å². The molecular formula is C12H11F2N3O. The van der Waals surface area contributed by atoms with Gasteiger partial charge in [0.15, 0.2) is 0 Å². The number of H-pyrrole nitrogens is 1. The quantitative estimate of drug-likeness (QED) is 0.837. The summed E-state index contributed by atoms with van der Waals surface area (Å²) in [6.07, 6.45) is 0.613. The molecule has 4 nitrogen and oxygen atoms in total. The minimum Gasteiger partial charge on any atom is -0.271 e. The van der Waals surface area contributed by atoms with Gasteiger partial charge < -0.3 is 0 Å². The Morgan fingerprint density at radius 2 is 2.00 bits per heavy atom. The molecule has 0 fully saturated rings. The molecule has 2 unspecified atom stereocenters. The van der Waals surface area contributed by atoms with Crippen molar-refractivity contribution in [2.45, 2.75) is 19.4 Å². The third kappa shape index (κ3) is 1.56. The van der Waals surface area contributed by atoms with E-state index in [2.05, 4.69) is 10.2 Å². The number of hydrogen-bond acceptors (Lipinski definition) is 2. The van der Waals surface area contributed by atoms with Crippen molar-refractivity contribution in [1.82, 2.24) is 14.8 Å². The van der Waals surface area contributed by atoms with Gasteiger partial charge in [-0.2, -0.15) is 5.10 Å². The van der Waals surface area contributed by atoms with Crippen molar-refractivity contribution < 1.29 is 8.78 Å². The lowest BCUT2D eigenvalue weighted by molar-refractivity contribution is 0.457. The number of halogens is 2. The number of fused-ring (bicyclic) bond motifs is 1. The summed E-state index contributed by atoms with van der Waals surface area (Å²) in [5.41, 5.74) is 0.117. The molecule has 0 aliphatic carbocycles. The number of nitrogens with one attached hydrogen (secondary N) is 1. The number of hydrogen-bond donors (Lipinski definition) is 1. The van der Waals surface area contributed by atoms with Gasteiger partial charge in [0, 0.05) is 12.5 Å². The molecule has 0 radical (unpaired) electrons. The Bertz CT molecular complexity index is 641. The van der Waals surface area contributed by atoms with E-state index in [-0.39, 0.29) is 17.6 Å². The normalized spacial score (nSPS) is 22.2. The van der Waals surface area contributed by atoms with Crippen molar-refractivity contribution in [3.05, 3.63) is 51.7 Å². The maximum absolute atomic E-state index is 13.3. The fourth-order valence-electron chi connectivity index (χ4n) is 2.65. The highest BCUT2D eigenvalue weighted by Gasteiger charge is 2.33. The molecular weight excluding hydrogens is 240 g/mol. The second-order valence-corrected chi connectivity index (χ2v) is 4.64. The molecule has 0 saturated heterocycles. The van der Waals surface area contributed by atoms with Crippen LogP contribution < -0.4 is 5.69 Å². The SMILES string of the molecule is CC1Cc2n[nH]c(=O)n2C1c1cc(F)cc(F)c1. The molecule has 0 bridgehead atoms. The number of nitrogens with zero attached hydrogens (tertiary/aromatic N) is 2. The van der Waals surface area contributed by atoms with Crippen LogP contribution in [0.25, 0.3) is 0 Å². The molecule has 0 amide bonds. The summed E-state index contributed by atoms with van der Waals surface area (Å²) >= 11 is 0. The lowest BCUT2D eigenvalue weighted by atomic mass is 9.95. The maximum atomic E-state index is 13.3. The Labute approximate surface area is 101 Å². The highest BCUT2D eigenvalue weighted by molar-refractivity contribution is 5.25. The summed E-state index contributed by atoms with van der Waals surface area (Å²) in [4.78, 5) is 11.7. The van der Waals surface area contributed by atoms with Crippen LogP contribution in [0.4, 0.5) is 8.78 Å². The third-order valence-electron chi connectivity index (χ3n) is 3.33. The van der Waals surface area contributed by atoms with Crippen molar-refractivity contribution in [3.8, 4) is 0 Å². The van der Waals surface area contributed by atoms with Crippen molar-refractivity contribution in [2.75, 3.05) is 0 Å². The van der Waals surface area contributed by atoms with E-state index in [0.717, 1.165) is 6.07 Å². The van der Waals surface area contributed by atoms with Crippen molar-refractivity contribution >= 4 is 0 Å². The first-order valence-corrected chi connectivity index (χ1v) is 5.68. The molecule has 1 N–H and O–H groups in total. The number of benzene rings is 1. The predicted molar refractivity (Wildman–Crippen MR) is 60.2 cm³/mol. The molecule has 94 valence electrons. The predicted octanol–water partition coefficient (Wildman–Crippen LogP) is 1.63. The Balaban J connectivity index is 2.16. The molecule has 6 heteroatoms. The topological polar surface area (TPSA) is 50.7 Å². The second kappa shape index (κ2) is 3.76. The van der Waals surface area contributed by atoms with Crippen LogP contribution in [0.2, 0.25) is 0 Å². The van der Waals surface area contributed by atoms with E-state index < -0.39 is 11.6 Å². The molecule has 2 atom stereocenters. The summed E-state index contributed by atoms with van der Waals surface area (Å²) in [5.74, 6) is -0.567. The van der Waals surface area contributed by atoms with Crippen LogP contribution in [0.1, 0.15) is 24.4 Å². The molecule has 3 rings (SSSR count). The first-order chi connectivity index (χ1) is 8.56. The Morgan fingerprint density at radius 1 is 1.33 bits per heavy atom. The molecule has 1 aliphatic heterocycles. The van der Waals surface area contributed by atoms with Gasteiger partial charge in [-0.25, -0.2) is 18.7 Å². The average Bonchev–Trinajstić information content (AvgIpc) is 2.77.